The van der Waals surface area contributed by atoms with E-state index >= 15 is 4.39 Å². The van der Waals surface area contributed by atoms with E-state index in [-0.39, 0.29) is 17.1 Å². The molecule has 1 aliphatic carbocycles. The van der Waals surface area contributed by atoms with Gasteiger partial charge in [0.05, 0.1) is 25.8 Å². The number of fused-ring (bicyclic) bond motifs is 5. The highest BCUT2D eigenvalue weighted by Crippen LogP contribution is 2.62. The van der Waals surface area contributed by atoms with Crippen LogP contribution in [0.1, 0.15) is 48.1 Å². The summed E-state index contributed by atoms with van der Waals surface area (Å²) in [5.41, 5.74) is 0.720. The zero-order valence-corrected chi connectivity index (χ0v) is 22.9. The van der Waals surface area contributed by atoms with Crippen LogP contribution in [-0.2, 0) is 0 Å². The van der Waals surface area contributed by atoms with Gasteiger partial charge in [-0.3, -0.25) is 14.4 Å². The predicted octanol–water partition coefficient (Wildman–Crippen LogP) is 6.16. The second kappa shape index (κ2) is 9.52. The number of carbonyl (C=O) groups is 3. The summed E-state index contributed by atoms with van der Waals surface area (Å²) in [7, 11) is 3.01. The van der Waals surface area contributed by atoms with Crippen molar-refractivity contribution in [1.82, 2.24) is 0 Å². The van der Waals surface area contributed by atoms with Crippen LogP contribution < -0.4 is 14.4 Å². The van der Waals surface area contributed by atoms with Crippen LogP contribution in [0.25, 0.3) is 6.08 Å². The molecule has 0 amide bonds. The average Bonchev–Trinajstić information content (AvgIpc) is 3.46. The Morgan fingerprint density at radius 1 is 0.833 bits per heavy atom. The van der Waals surface area contributed by atoms with Crippen LogP contribution in [0.15, 0.2) is 97.1 Å². The van der Waals surface area contributed by atoms with Gasteiger partial charge in [0, 0.05) is 28.3 Å². The number of ketones is 3. The molecule has 0 N–H and O–H groups in total. The molecular formula is C35H26FNO5. The molecule has 2 aliphatic heterocycles. The lowest BCUT2D eigenvalue weighted by atomic mass is 9.64. The van der Waals surface area contributed by atoms with Crippen LogP contribution in [0.2, 0.25) is 0 Å². The second-order valence-electron chi connectivity index (χ2n) is 10.7. The standard InChI is InChI=1S/C35H26FNO5/c1-41-21-16-17-28(42-2)25(19-21)30-31(32(38)24-12-6-7-13-26(24)36)37-27-14-8-3-9-20(27)15-18-29(37)35(30)33(39)22-10-4-5-11-23(22)34(35)40/h3-19,29-31H,1-2H3/t29?,30-,31+/m0/s1. The van der Waals surface area contributed by atoms with Gasteiger partial charge in [-0.2, -0.15) is 0 Å². The van der Waals surface area contributed by atoms with Crippen LogP contribution in [0, 0.1) is 11.2 Å². The van der Waals surface area contributed by atoms with E-state index in [0.717, 1.165) is 5.56 Å². The Hall–Kier alpha value is -5.04. The van der Waals surface area contributed by atoms with Crippen molar-refractivity contribution < 1.29 is 28.2 Å². The van der Waals surface area contributed by atoms with Crippen molar-refractivity contribution in [2.24, 2.45) is 5.41 Å². The molecule has 7 rings (SSSR count). The Labute approximate surface area is 242 Å². The van der Waals surface area contributed by atoms with Gasteiger partial charge in [-0.1, -0.05) is 66.7 Å². The maximum atomic E-state index is 15.3. The van der Waals surface area contributed by atoms with Crippen LogP contribution in [-0.4, -0.2) is 43.7 Å². The number of hydrogen-bond donors (Lipinski definition) is 0. The number of nitrogens with zero attached hydrogens (tertiary/aromatic N) is 1. The SMILES string of the molecule is COc1ccc(OC)c([C@H]2[C@H](C(=O)c3ccccc3F)N3c4ccccc4C=CC3C23C(=O)c2ccccc2C3=O)c1. The molecule has 1 unspecified atom stereocenters. The Balaban J connectivity index is 1.60. The van der Waals surface area contributed by atoms with Crippen molar-refractivity contribution in [3.63, 3.8) is 0 Å². The molecule has 42 heavy (non-hydrogen) atoms. The molecule has 1 fully saturated rings. The van der Waals surface area contributed by atoms with Crippen molar-refractivity contribution in [2.45, 2.75) is 18.0 Å². The lowest BCUT2D eigenvalue weighted by molar-refractivity contribution is 0.0664. The number of rotatable bonds is 5. The van der Waals surface area contributed by atoms with Gasteiger partial charge in [0.15, 0.2) is 17.3 Å². The van der Waals surface area contributed by atoms with Crippen molar-refractivity contribution in [1.29, 1.82) is 0 Å². The predicted molar refractivity (Wildman–Crippen MR) is 156 cm³/mol. The first-order valence-corrected chi connectivity index (χ1v) is 13.7. The molecule has 1 spiro atoms. The van der Waals surface area contributed by atoms with Crippen molar-refractivity contribution >= 4 is 29.1 Å². The molecule has 0 aromatic heterocycles. The summed E-state index contributed by atoms with van der Waals surface area (Å²) in [5.74, 6) is -2.16. The van der Waals surface area contributed by atoms with E-state index in [0.29, 0.717) is 33.9 Å². The van der Waals surface area contributed by atoms with E-state index in [1.807, 2.05) is 41.3 Å². The smallest absolute Gasteiger partial charge is 0.188 e. The lowest BCUT2D eigenvalue weighted by Crippen LogP contribution is -2.48. The van der Waals surface area contributed by atoms with E-state index in [4.69, 9.17) is 9.47 Å². The third kappa shape index (κ3) is 3.33. The average molecular weight is 560 g/mol. The number of benzene rings is 4. The zero-order valence-electron chi connectivity index (χ0n) is 22.9. The van der Waals surface area contributed by atoms with Gasteiger partial charge in [-0.25, -0.2) is 4.39 Å². The fourth-order valence-electron chi connectivity index (χ4n) is 7.16. The third-order valence-electron chi connectivity index (χ3n) is 8.89. The highest BCUT2D eigenvalue weighted by atomic mass is 19.1. The van der Waals surface area contributed by atoms with E-state index in [1.54, 1.807) is 48.5 Å². The number of methoxy groups -OCH3 is 2. The fourth-order valence-corrected chi connectivity index (χ4v) is 7.16. The molecule has 0 saturated carbocycles. The molecule has 3 atom stereocenters. The molecule has 208 valence electrons. The zero-order chi connectivity index (χ0) is 29.2. The molecule has 4 aromatic carbocycles. The molecule has 0 bridgehead atoms. The van der Waals surface area contributed by atoms with Gasteiger partial charge in [-0.05, 0) is 42.0 Å². The van der Waals surface area contributed by atoms with Crippen molar-refractivity contribution in [2.75, 3.05) is 19.1 Å². The van der Waals surface area contributed by atoms with Crippen molar-refractivity contribution in [3.05, 3.63) is 131 Å². The molecule has 0 radical (unpaired) electrons. The minimum Gasteiger partial charge on any atom is -0.497 e. The first-order valence-electron chi connectivity index (χ1n) is 13.7. The minimum atomic E-state index is -1.74. The highest BCUT2D eigenvalue weighted by Gasteiger charge is 2.72. The van der Waals surface area contributed by atoms with Crippen LogP contribution in [0.5, 0.6) is 11.5 Å². The summed E-state index contributed by atoms with van der Waals surface area (Å²) in [4.78, 5) is 46.1. The van der Waals surface area contributed by atoms with Gasteiger partial charge in [0.1, 0.15) is 28.8 Å². The first-order chi connectivity index (χ1) is 20.4. The molecular weight excluding hydrogens is 533 g/mol. The quantitative estimate of drug-likeness (QED) is 0.216. The Bertz CT molecular complexity index is 1790. The maximum Gasteiger partial charge on any atom is 0.188 e. The van der Waals surface area contributed by atoms with Gasteiger partial charge in [-0.15, -0.1) is 0 Å². The van der Waals surface area contributed by atoms with Gasteiger partial charge in [0.2, 0.25) is 0 Å². The summed E-state index contributed by atoms with van der Waals surface area (Å²) in [6.07, 6.45) is 3.72. The Kier molecular flexibility index (Phi) is 5.87. The number of carbonyl (C=O) groups excluding carboxylic acids is 3. The first kappa shape index (κ1) is 25.9. The van der Waals surface area contributed by atoms with Gasteiger partial charge < -0.3 is 14.4 Å². The minimum absolute atomic E-state index is 0.118. The molecule has 4 aromatic rings. The van der Waals surface area contributed by atoms with E-state index in [9.17, 15) is 14.4 Å². The summed E-state index contributed by atoms with van der Waals surface area (Å²) in [6, 6.07) is 23.2. The second-order valence-corrected chi connectivity index (χ2v) is 10.7. The van der Waals surface area contributed by atoms with Crippen molar-refractivity contribution in [3.8, 4) is 11.5 Å². The molecule has 1 saturated heterocycles. The number of halogens is 1. The normalized spacial score (nSPS) is 21.2. The Morgan fingerprint density at radius 3 is 2.19 bits per heavy atom. The summed E-state index contributed by atoms with van der Waals surface area (Å²) >= 11 is 0. The molecule has 3 aliphatic rings. The van der Waals surface area contributed by atoms with E-state index < -0.39 is 35.0 Å². The maximum absolute atomic E-state index is 15.3. The number of hydrogen-bond acceptors (Lipinski definition) is 6. The summed E-state index contributed by atoms with van der Waals surface area (Å²) in [5, 5.41) is 0. The van der Waals surface area contributed by atoms with Gasteiger partial charge in [0.25, 0.3) is 0 Å². The fraction of sp³-hybridized carbons (Fsp3) is 0.171. The number of Topliss-reactive ketones (excluding diaryl/α,β-unsaturated/α-hetero) is 3. The molecule has 6 nitrogen and oxygen atoms in total. The topological polar surface area (TPSA) is 72.9 Å². The third-order valence-corrected chi connectivity index (χ3v) is 8.89. The number of ether oxygens (including phenoxy) is 2. The summed E-state index contributed by atoms with van der Waals surface area (Å²) < 4.78 is 26.7. The Morgan fingerprint density at radius 2 is 1.50 bits per heavy atom. The largest absolute Gasteiger partial charge is 0.497 e. The monoisotopic (exact) mass is 559 g/mol. The van der Waals surface area contributed by atoms with Crippen LogP contribution >= 0.6 is 0 Å². The van der Waals surface area contributed by atoms with Crippen LogP contribution in [0.4, 0.5) is 10.1 Å². The molecule has 7 heteroatoms. The van der Waals surface area contributed by atoms with Crippen LogP contribution in [0.3, 0.4) is 0 Å². The van der Waals surface area contributed by atoms with E-state index in [2.05, 4.69) is 0 Å². The summed E-state index contributed by atoms with van der Waals surface area (Å²) in [6.45, 7) is 0. The van der Waals surface area contributed by atoms with E-state index in [1.165, 1.54) is 32.4 Å². The van der Waals surface area contributed by atoms with Gasteiger partial charge >= 0.3 is 0 Å². The molecule has 2 heterocycles. The highest BCUT2D eigenvalue weighted by molar-refractivity contribution is 6.32. The number of para-hydroxylation sites is 1. The lowest BCUT2D eigenvalue weighted by Gasteiger charge is -2.37. The number of anilines is 1.